The summed E-state index contributed by atoms with van der Waals surface area (Å²) in [6, 6.07) is 14.3. The highest BCUT2D eigenvalue weighted by Crippen LogP contribution is 2.14. The van der Waals surface area contributed by atoms with Gasteiger partial charge in [-0.25, -0.2) is 0 Å². The summed E-state index contributed by atoms with van der Waals surface area (Å²) >= 11 is 0. The third-order valence-electron chi connectivity index (χ3n) is 3.38. The second-order valence-electron chi connectivity index (χ2n) is 5.31. The van der Waals surface area contributed by atoms with Gasteiger partial charge >= 0.3 is 0 Å². The molecule has 23 heavy (non-hydrogen) atoms. The molecule has 5 heteroatoms. The summed E-state index contributed by atoms with van der Waals surface area (Å²) in [6.45, 7) is 1.95. The predicted octanol–water partition coefficient (Wildman–Crippen LogP) is 2.71. The molecule has 2 aromatic carbocycles. The van der Waals surface area contributed by atoms with Gasteiger partial charge in [-0.05, 0) is 37.3 Å². The molecule has 0 aliphatic rings. The number of nitrogens with one attached hydrogen (secondary N) is 1. The second kappa shape index (κ2) is 7.45. The molecule has 0 bridgehead atoms. The first-order valence-corrected chi connectivity index (χ1v) is 7.25. The van der Waals surface area contributed by atoms with E-state index in [0.717, 1.165) is 5.56 Å². The van der Waals surface area contributed by atoms with Crippen LogP contribution in [0.25, 0.3) is 0 Å². The highest BCUT2D eigenvalue weighted by atomic mass is 16.5. The number of carbonyl (C=O) groups is 2. The van der Waals surface area contributed by atoms with E-state index in [1.165, 1.54) is 4.90 Å². The van der Waals surface area contributed by atoms with Crippen molar-refractivity contribution in [3.63, 3.8) is 0 Å². The van der Waals surface area contributed by atoms with Crippen molar-refractivity contribution in [1.29, 1.82) is 0 Å². The summed E-state index contributed by atoms with van der Waals surface area (Å²) in [6.07, 6.45) is 0. The van der Waals surface area contributed by atoms with Gasteiger partial charge in [0.1, 0.15) is 5.75 Å². The first-order valence-electron chi connectivity index (χ1n) is 7.25. The van der Waals surface area contributed by atoms with Gasteiger partial charge in [0.2, 0.25) is 5.91 Å². The average Bonchev–Trinajstić information content (AvgIpc) is 2.56. The zero-order valence-corrected chi connectivity index (χ0v) is 13.5. The van der Waals surface area contributed by atoms with E-state index in [0.29, 0.717) is 17.0 Å². The van der Waals surface area contributed by atoms with Crippen molar-refractivity contribution in [2.24, 2.45) is 0 Å². The number of anilines is 1. The molecular formula is C18H20N2O3. The number of benzene rings is 2. The van der Waals surface area contributed by atoms with Crippen LogP contribution in [0.3, 0.4) is 0 Å². The molecule has 0 aliphatic carbocycles. The summed E-state index contributed by atoms with van der Waals surface area (Å²) in [5, 5.41) is 2.77. The molecule has 0 spiro atoms. The van der Waals surface area contributed by atoms with Crippen LogP contribution in [-0.2, 0) is 4.79 Å². The Hall–Kier alpha value is -2.82. The van der Waals surface area contributed by atoms with E-state index in [9.17, 15) is 9.59 Å². The van der Waals surface area contributed by atoms with Gasteiger partial charge in [0.05, 0.1) is 13.7 Å². The molecule has 0 radical (unpaired) electrons. The van der Waals surface area contributed by atoms with E-state index in [4.69, 9.17) is 4.74 Å². The number of carbonyl (C=O) groups excluding carboxylic acids is 2. The van der Waals surface area contributed by atoms with Crippen LogP contribution >= 0.6 is 0 Å². The number of aryl methyl sites for hydroxylation is 1. The van der Waals surface area contributed by atoms with Crippen molar-refractivity contribution < 1.29 is 14.3 Å². The first kappa shape index (κ1) is 16.5. The lowest BCUT2D eigenvalue weighted by Gasteiger charge is -2.17. The lowest BCUT2D eigenvalue weighted by molar-refractivity contribution is -0.116. The normalized spacial score (nSPS) is 10.0. The van der Waals surface area contributed by atoms with Crippen LogP contribution in [0.2, 0.25) is 0 Å². The van der Waals surface area contributed by atoms with Gasteiger partial charge in [0, 0.05) is 18.3 Å². The molecule has 1 N–H and O–H groups in total. The Bertz CT molecular complexity index is 696. The minimum absolute atomic E-state index is 0.0239. The molecule has 0 saturated heterocycles. The summed E-state index contributed by atoms with van der Waals surface area (Å²) in [5.74, 6) is 0.129. The lowest BCUT2D eigenvalue weighted by Crippen LogP contribution is -2.34. The fourth-order valence-corrected chi connectivity index (χ4v) is 2.10. The van der Waals surface area contributed by atoms with E-state index in [-0.39, 0.29) is 18.4 Å². The molecule has 2 rings (SSSR count). The minimum Gasteiger partial charge on any atom is -0.497 e. The highest BCUT2D eigenvalue weighted by molar-refractivity contribution is 5.99. The number of nitrogens with zero attached hydrogens (tertiary/aromatic N) is 1. The average molecular weight is 312 g/mol. The van der Waals surface area contributed by atoms with Crippen LogP contribution < -0.4 is 10.1 Å². The Labute approximate surface area is 135 Å². The lowest BCUT2D eigenvalue weighted by atomic mass is 10.2. The maximum Gasteiger partial charge on any atom is 0.254 e. The van der Waals surface area contributed by atoms with Crippen molar-refractivity contribution in [3.05, 3.63) is 59.7 Å². The predicted molar refractivity (Wildman–Crippen MR) is 89.8 cm³/mol. The Morgan fingerprint density at radius 2 is 1.83 bits per heavy atom. The zero-order chi connectivity index (χ0) is 16.8. The van der Waals surface area contributed by atoms with Crippen LogP contribution in [0.1, 0.15) is 15.9 Å². The quantitative estimate of drug-likeness (QED) is 0.923. The van der Waals surface area contributed by atoms with E-state index < -0.39 is 0 Å². The monoisotopic (exact) mass is 312 g/mol. The molecule has 0 heterocycles. The highest BCUT2D eigenvalue weighted by Gasteiger charge is 2.15. The SMILES string of the molecule is COc1cccc(C(=O)N(C)CC(=O)Nc2ccc(C)cc2)c1. The van der Waals surface area contributed by atoms with Crippen LogP contribution in [0.15, 0.2) is 48.5 Å². The number of rotatable bonds is 5. The first-order chi connectivity index (χ1) is 11.0. The van der Waals surface area contributed by atoms with Gasteiger partial charge in [-0.2, -0.15) is 0 Å². The summed E-state index contributed by atoms with van der Waals surface area (Å²) in [7, 11) is 3.14. The fourth-order valence-electron chi connectivity index (χ4n) is 2.10. The molecule has 0 saturated carbocycles. The fraction of sp³-hybridized carbons (Fsp3) is 0.222. The molecule has 2 aromatic rings. The van der Waals surface area contributed by atoms with E-state index in [1.807, 2.05) is 31.2 Å². The largest absolute Gasteiger partial charge is 0.497 e. The second-order valence-corrected chi connectivity index (χ2v) is 5.31. The van der Waals surface area contributed by atoms with E-state index in [2.05, 4.69) is 5.32 Å². The van der Waals surface area contributed by atoms with E-state index in [1.54, 1.807) is 38.4 Å². The van der Waals surface area contributed by atoms with Gasteiger partial charge < -0.3 is 15.0 Å². The van der Waals surface area contributed by atoms with Crippen molar-refractivity contribution in [1.82, 2.24) is 4.90 Å². The molecule has 0 fully saturated rings. The van der Waals surface area contributed by atoms with Gasteiger partial charge in [-0.1, -0.05) is 23.8 Å². The topological polar surface area (TPSA) is 58.6 Å². The van der Waals surface area contributed by atoms with Gasteiger partial charge in [0.15, 0.2) is 0 Å². The van der Waals surface area contributed by atoms with Gasteiger partial charge in [-0.15, -0.1) is 0 Å². The Morgan fingerprint density at radius 3 is 2.48 bits per heavy atom. The van der Waals surface area contributed by atoms with Crippen LogP contribution in [0.4, 0.5) is 5.69 Å². The molecule has 0 unspecified atom stereocenters. The molecular weight excluding hydrogens is 292 g/mol. The summed E-state index contributed by atoms with van der Waals surface area (Å²) < 4.78 is 5.10. The van der Waals surface area contributed by atoms with Crippen molar-refractivity contribution in [2.45, 2.75) is 6.92 Å². The molecule has 5 nitrogen and oxygen atoms in total. The van der Waals surface area contributed by atoms with E-state index >= 15 is 0 Å². The number of methoxy groups -OCH3 is 1. The smallest absolute Gasteiger partial charge is 0.254 e. The number of hydrogen-bond acceptors (Lipinski definition) is 3. The third-order valence-corrected chi connectivity index (χ3v) is 3.38. The molecule has 0 atom stereocenters. The third kappa shape index (κ3) is 4.57. The van der Waals surface area contributed by atoms with Crippen molar-refractivity contribution >= 4 is 17.5 Å². The number of ether oxygens (including phenoxy) is 1. The Morgan fingerprint density at radius 1 is 1.13 bits per heavy atom. The van der Waals surface area contributed by atoms with Crippen LogP contribution in [0, 0.1) is 6.92 Å². The molecule has 0 aliphatic heterocycles. The van der Waals surface area contributed by atoms with Gasteiger partial charge in [-0.3, -0.25) is 9.59 Å². The Kier molecular flexibility index (Phi) is 5.36. The summed E-state index contributed by atoms with van der Waals surface area (Å²) in [5.41, 5.74) is 2.31. The van der Waals surface area contributed by atoms with Gasteiger partial charge in [0.25, 0.3) is 5.91 Å². The molecule has 0 aromatic heterocycles. The maximum absolute atomic E-state index is 12.3. The van der Waals surface area contributed by atoms with Crippen LogP contribution in [-0.4, -0.2) is 37.4 Å². The minimum atomic E-state index is -0.243. The number of amides is 2. The van der Waals surface area contributed by atoms with Crippen molar-refractivity contribution in [3.8, 4) is 5.75 Å². The molecule has 120 valence electrons. The standard InChI is InChI=1S/C18H20N2O3/c1-13-7-9-15(10-8-13)19-17(21)12-20(2)18(22)14-5-4-6-16(11-14)23-3/h4-11H,12H2,1-3H3,(H,19,21). The van der Waals surface area contributed by atoms with Crippen LogP contribution in [0.5, 0.6) is 5.75 Å². The Balaban J connectivity index is 1.97. The molecule has 2 amide bonds. The zero-order valence-electron chi connectivity index (χ0n) is 13.5. The summed E-state index contributed by atoms with van der Waals surface area (Å²) in [4.78, 5) is 25.7. The van der Waals surface area contributed by atoms with Crippen molar-refractivity contribution in [2.75, 3.05) is 26.0 Å². The number of hydrogen-bond donors (Lipinski definition) is 1. The number of likely N-dealkylation sites (N-methyl/N-ethyl adjacent to an activating group) is 1. The maximum atomic E-state index is 12.3.